The lowest BCUT2D eigenvalue weighted by molar-refractivity contribution is -0.137. The SMILES string of the molecule is CC1CCCC(N)(C(=O)NCCCCCCC(=O)O)C1. The van der Waals surface area contributed by atoms with Crippen LogP contribution in [-0.2, 0) is 9.59 Å². The number of carbonyl (C=O) groups excluding carboxylic acids is 1. The second kappa shape index (κ2) is 8.25. The number of carboxylic acids is 1. The van der Waals surface area contributed by atoms with E-state index in [0.29, 0.717) is 18.9 Å². The molecule has 1 aliphatic rings. The molecule has 1 amide bonds. The molecule has 1 rings (SSSR count). The summed E-state index contributed by atoms with van der Waals surface area (Å²) in [5, 5.41) is 11.4. The first kappa shape index (κ1) is 17.0. The number of nitrogens with one attached hydrogen (secondary N) is 1. The molecule has 0 aromatic heterocycles. The highest BCUT2D eigenvalue weighted by Crippen LogP contribution is 2.30. The fraction of sp³-hybridized carbons (Fsp3) is 0.867. The van der Waals surface area contributed by atoms with Gasteiger partial charge in [-0.2, -0.15) is 0 Å². The molecule has 116 valence electrons. The van der Waals surface area contributed by atoms with Gasteiger partial charge in [-0.05, 0) is 31.6 Å². The van der Waals surface area contributed by atoms with Crippen LogP contribution in [0.5, 0.6) is 0 Å². The van der Waals surface area contributed by atoms with Crippen LogP contribution in [0.15, 0.2) is 0 Å². The average molecular weight is 284 g/mol. The summed E-state index contributed by atoms with van der Waals surface area (Å²) < 4.78 is 0. The van der Waals surface area contributed by atoms with Crippen molar-refractivity contribution in [3.8, 4) is 0 Å². The Morgan fingerprint density at radius 3 is 2.65 bits per heavy atom. The van der Waals surface area contributed by atoms with Gasteiger partial charge in [0.25, 0.3) is 0 Å². The van der Waals surface area contributed by atoms with E-state index in [1.54, 1.807) is 0 Å². The smallest absolute Gasteiger partial charge is 0.303 e. The zero-order valence-corrected chi connectivity index (χ0v) is 12.5. The molecule has 0 radical (unpaired) electrons. The number of unbranched alkanes of at least 4 members (excludes halogenated alkanes) is 3. The molecule has 0 spiro atoms. The third-order valence-corrected chi connectivity index (χ3v) is 4.09. The molecule has 0 heterocycles. The van der Waals surface area contributed by atoms with Crippen LogP contribution in [-0.4, -0.2) is 29.1 Å². The molecule has 5 heteroatoms. The highest BCUT2D eigenvalue weighted by molar-refractivity contribution is 5.86. The van der Waals surface area contributed by atoms with Gasteiger partial charge in [-0.1, -0.05) is 32.6 Å². The van der Waals surface area contributed by atoms with E-state index >= 15 is 0 Å². The van der Waals surface area contributed by atoms with E-state index in [9.17, 15) is 9.59 Å². The van der Waals surface area contributed by atoms with Gasteiger partial charge in [0.05, 0.1) is 5.54 Å². The Bertz CT molecular complexity index is 333. The first-order valence-corrected chi connectivity index (χ1v) is 7.73. The number of hydrogen-bond acceptors (Lipinski definition) is 3. The summed E-state index contributed by atoms with van der Waals surface area (Å²) in [4.78, 5) is 22.5. The van der Waals surface area contributed by atoms with Gasteiger partial charge in [0, 0.05) is 13.0 Å². The average Bonchev–Trinajstić information content (AvgIpc) is 2.36. The van der Waals surface area contributed by atoms with Crippen molar-refractivity contribution in [1.29, 1.82) is 0 Å². The molecule has 2 atom stereocenters. The van der Waals surface area contributed by atoms with Crippen LogP contribution in [0.2, 0.25) is 0 Å². The Morgan fingerprint density at radius 1 is 1.30 bits per heavy atom. The fourth-order valence-corrected chi connectivity index (χ4v) is 2.93. The summed E-state index contributed by atoms with van der Waals surface area (Å²) in [6, 6.07) is 0. The number of amides is 1. The number of rotatable bonds is 8. The van der Waals surface area contributed by atoms with Gasteiger partial charge < -0.3 is 16.2 Å². The summed E-state index contributed by atoms with van der Waals surface area (Å²) >= 11 is 0. The van der Waals surface area contributed by atoms with Crippen molar-refractivity contribution in [1.82, 2.24) is 5.32 Å². The van der Waals surface area contributed by atoms with E-state index < -0.39 is 11.5 Å². The number of hydrogen-bond donors (Lipinski definition) is 3. The van der Waals surface area contributed by atoms with Crippen molar-refractivity contribution in [2.45, 2.75) is 70.3 Å². The maximum absolute atomic E-state index is 12.1. The quantitative estimate of drug-likeness (QED) is 0.595. The van der Waals surface area contributed by atoms with E-state index in [1.165, 1.54) is 0 Å². The van der Waals surface area contributed by atoms with Crippen molar-refractivity contribution >= 4 is 11.9 Å². The summed E-state index contributed by atoms with van der Waals surface area (Å²) in [5.41, 5.74) is 5.53. The van der Waals surface area contributed by atoms with E-state index in [2.05, 4.69) is 12.2 Å². The normalized spacial score (nSPS) is 26.2. The number of carbonyl (C=O) groups is 2. The molecule has 0 aromatic carbocycles. The van der Waals surface area contributed by atoms with Gasteiger partial charge in [-0.15, -0.1) is 0 Å². The monoisotopic (exact) mass is 284 g/mol. The summed E-state index contributed by atoms with van der Waals surface area (Å²) in [5.74, 6) is -0.236. The van der Waals surface area contributed by atoms with Gasteiger partial charge in [-0.3, -0.25) is 9.59 Å². The van der Waals surface area contributed by atoms with Crippen molar-refractivity contribution < 1.29 is 14.7 Å². The number of nitrogens with two attached hydrogens (primary N) is 1. The molecule has 4 N–H and O–H groups in total. The Balaban J connectivity index is 2.12. The van der Waals surface area contributed by atoms with E-state index in [0.717, 1.165) is 44.9 Å². The van der Waals surface area contributed by atoms with E-state index in [1.807, 2.05) is 0 Å². The second-order valence-electron chi connectivity index (χ2n) is 6.17. The van der Waals surface area contributed by atoms with Crippen molar-refractivity contribution in [2.75, 3.05) is 6.54 Å². The Labute approximate surface area is 121 Å². The lowest BCUT2D eigenvalue weighted by atomic mass is 9.76. The molecular weight excluding hydrogens is 256 g/mol. The van der Waals surface area contributed by atoms with Gasteiger partial charge in [0.1, 0.15) is 0 Å². The molecule has 20 heavy (non-hydrogen) atoms. The molecule has 1 fully saturated rings. The van der Waals surface area contributed by atoms with Crippen LogP contribution in [0, 0.1) is 5.92 Å². The fourth-order valence-electron chi connectivity index (χ4n) is 2.93. The molecule has 2 unspecified atom stereocenters. The maximum atomic E-state index is 12.1. The minimum absolute atomic E-state index is 0.0189. The molecule has 0 saturated heterocycles. The minimum atomic E-state index is -0.741. The highest BCUT2D eigenvalue weighted by Gasteiger charge is 2.37. The molecule has 0 bridgehead atoms. The molecule has 1 saturated carbocycles. The van der Waals surface area contributed by atoms with Gasteiger partial charge >= 0.3 is 5.97 Å². The summed E-state index contributed by atoms with van der Waals surface area (Å²) in [7, 11) is 0. The van der Waals surface area contributed by atoms with Crippen molar-refractivity contribution in [3.63, 3.8) is 0 Å². The van der Waals surface area contributed by atoms with Gasteiger partial charge in [0.2, 0.25) is 5.91 Å². The standard InChI is InChI=1S/C15H28N2O3/c1-12-7-6-9-15(16,11-12)14(20)17-10-5-3-2-4-8-13(18)19/h12H,2-11,16H2,1H3,(H,17,20)(H,18,19). The topological polar surface area (TPSA) is 92.4 Å². The summed E-state index contributed by atoms with van der Waals surface area (Å²) in [6.45, 7) is 2.79. The van der Waals surface area contributed by atoms with E-state index in [-0.39, 0.29) is 12.3 Å². The third kappa shape index (κ3) is 5.90. The lowest BCUT2D eigenvalue weighted by Gasteiger charge is -2.35. The number of carboxylic acid groups (broad SMARTS) is 1. The maximum Gasteiger partial charge on any atom is 0.303 e. The minimum Gasteiger partial charge on any atom is -0.481 e. The van der Waals surface area contributed by atoms with Gasteiger partial charge in [0.15, 0.2) is 0 Å². The second-order valence-corrected chi connectivity index (χ2v) is 6.17. The van der Waals surface area contributed by atoms with Crippen molar-refractivity contribution in [3.05, 3.63) is 0 Å². The number of aliphatic carboxylic acids is 1. The third-order valence-electron chi connectivity index (χ3n) is 4.09. The zero-order valence-electron chi connectivity index (χ0n) is 12.5. The Morgan fingerprint density at radius 2 is 2.00 bits per heavy atom. The molecule has 0 aliphatic heterocycles. The van der Waals surface area contributed by atoms with Crippen LogP contribution in [0.25, 0.3) is 0 Å². The molecular formula is C15H28N2O3. The zero-order chi connectivity index (χ0) is 15.0. The van der Waals surface area contributed by atoms with Crippen LogP contribution < -0.4 is 11.1 Å². The first-order valence-electron chi connectivity index (χ1n) is 7.73. The molecule has 5 nitrogen and oxygen atoms in total. The van der Waals surface area contributed by atoms with Crippen LogP contribution in [0.1, 0.15) is 64.7 Å². The largest absolute Gasteiger partial charge is 0.481 e. The Kier molecular flexibility index (Phi) is 6.99. The first-order chi connectivity index (χ1) is 9.44. The van der Waals surface area contributed by atoms with Gasteiger partial charge in [-0.25, -0.2) is 0 Å². The van der Waals surface area contributed by atoms with E-state index in [4.69, 9.17) is 10.8 Å². The summed E-state index contributed by atoms with van der Waals surface area (Å²) in [6.07, 6.45) is 7.42. The predicted octanol–water partition coefficient (Wildman–Crippen LogP) is 2.05. The molecule has 0 aromatic rings. The van der Waals surface area contributed by atoms with Crippen LogP contribution in [0.3, 0.4) is 0 Å². The molecule has 1 aliphatic carbocycles. The lowest BCUT2D eigenvalue weighted by Crippen LogP contribution is -2.56. The van der Waals surface area contributed by atoms with Crippen molar-refractivity contribution in [2.24, 2.45) is 11.7 Å². The highest BCUT2D eigenvalue weighted by atomic mass is 16.4. The van der Waals surface area contributed by atoms with Crippen LogP contribution in [0.4, 0.5) is 0 Å². The Hall–Kier alpha value is -1.10. The predicted molar refractivity (Wildman–Crippen MR) is 78.3 cm³/mol. The van der Waals surface area contributed by atoms with Crippen LogP contribution >= 0.6 is 0 Å².